The molecule has 1 amide bonds. The summed E-state index contributed by atoms with van der Waals surface area (Å²) in [7, 11) is 1.66. The van der Waals surface area contributed by atoms with Crippen molar-refractivity contribution in [3.05, 3.63) is 108 Å². The predicted octanol–water partition coefficient (Wildman–Crippen LogP) is 4.95. The first-order chi connectivity index (χ1) is 17.1. The largest absolute Gasteiger partial charge is 0.445 e. The lowest BCUT2D eigenvalue weighted by molar-refractivity contribution is -0.137. The van der Waals surface area contributed by atoms with E-state index >= 15 is 0 Å². The van der Waals surface area contributed by atoms with Crippen LogP contribution in [0.3, 0.4) is 0 Å². The van der Waals surface area contributed by atoms with E-state index in [1.54, 1.807) is 7.05 Å². The Morgan fingerprint density at radius 2 is 1.26 bits per heavy atom. The number of nitrogens with zero attached hydrogens (tertiary/aromatic N) is 1. The van der Waals surface area contributed by atoms with Crippen LogP contribution in [0.4, 0.5) is 4.79 Å². The molecule has 6 heteroatoms. The zero-order valence-corrected chi connectivity index (χ0v) is 20.0. The fraction of sp³-hybridized carbons (Fsp3) is 0.345. The number of hydrogen-bond acceptors (Lipinski definition) is 5. The Bertz CT molecular complexity index is 1030. The summed E-state index contributed by atoms with van der Waals surface area (Å²) in [5, 5.41) is 11.2. The molecule has 3 aromatic carbocycles. The molecule has 0 unspecified atom stereocenters. The Morgan fingerprint density at radius 3 is 1.80 bits per heavy atom. The van der Waals surface area contributed by atoms with Gasteiger partial charge in [-0.3, -0.25) is 0 Å². The van der Waals surface area contributed by atoms with Gasteiger partial charge in [-0.15, -0.1) is 0 Å². The minimum atomic E-state index is -0.857. The van der Waals surface area contributed by atoms with Crippen LogP contribution in [0, 0.1) is 0 Å². The first-order valence-corrected chi connectivity index (χ1v) is 12.0. The van der Waals surface area contributed by atoms with Crippen molar-refractivity contribution in [3.63, 3.8) is 0 Å². The number of carbonyl (C=O) groups is 1. The molecule has 1 N–H and O–H groups in total. The molecule has 0 saturated heterocycles. The summed E-state index contributed by atoms with van der Waals surface area (Å²) in [6.45, 7) is 1.01. The molecule has 0 heterocycles. The van der Waals surface area contributed by atoms with Crippen LogP contribution in [0.2, 0.25) is 0 Å². The van der Waals surface area contributed by atoms with Crippen LogP contribution < -0.4 is 0 Å². The number of hydrogen-bond donors (Lipinski definition) is 1. The van der Waals surface area contributed by atoms with Crippen molar-refractivity contribution < 1.29 is 24.1 Å². The third-order valence-electron chi connectivity index (χ3n) is 6.40. The second-order valence-electron chi connectivity index (χ2n) is 8.93. The molecule has 4 atom stereocenters. The number of likely N-dealkylation sites (N-methyl/N-ethyl adjacent to an activating group) is 1. The Labute approximate surface area is 207 Å². The fourth-order valence-corrected chi connectivity index (χ4v) is 4.36. The lowest BCUT2D eigenvalue weighted by Gasteiger charge is -2.42. The van der Waals surface area contributed by atoms with Gasteiger partial charge < -0.3 is 24.2 Å². The van der Waals surface area contributed by atoms with Gasteiger partial charge in [0.25, 0.3) is 0 Å². The van der Waals surface area contributed by atoms with Crippen LogP contribution in [0.15, 0.2) is 91.0 Å². The summed E-state index contributed by atoms with van der Waals surface area (Å²) in [5.41, 5.74) is 3.01. The molecule has 1 aliphatic rings. The number of carbonyl (C=O) groups excluding carboxylic acids is 1. The molecule has 184 valence electrons. The van der Waals surface area contributed by atoms with Crippen LogP contribution >= 0.6 is 0 Å². The molecule has 1 saturated carbocycles. The lowest BCUT2D eigenvalue weighted by atomic mass is 9.86. The Kier molecular flexibility index (Phi) is 8.90. The quantitative estimate of drug-likeness (QED) is 0.474. The van der Waals surface area contributed by atoms with Gasteiger partial charge in [0.05, 0.1) is 31.5 Å². The van der Waals surface area contributed by atoms with Gasteiger partial charge >= 0.3 is 6.09 Å². The lowest BCUT2D eigenvalue weighted by Crippen LogP contribution is -2.56. The number of benzene rings is 3. The third kappa shape index (κ3) is 7.15. The van der Waals surface area contributed by atoms with E-state index in [1.165, 1.54) is 4.90 Å². The van der Waals surface area contributed by atoms with Gasteiger partial charge in [0.15, 0.2) is 0 Å². The molecular weight excluding hydrogens is 442 g/mol. The summed E-state index contributed by atoms with van der Waals surface area (Å²) in [4.78, 5) is 14.3. The third-order valence-corrected chi connectivity index (χ3v) is 6.40. The number of amides is 1. The van der Waals surface area contributed by atoms with E-state index in [2.05, 4.69) is 0 Å². The SMILES string of the molecule is CN(C(=O)OCc1ccccc1)[C@@H]1C[C@H](OCc2ccccc2)C[C@@H](OCc2ccccc2)[C@H]1O. The van der Waals surface area contributed by atoms with Crippen molar-refractivity contribution in [1.29, 1.82) is 0 Å². The molecule has 0 spiro atoms. The molecule has 3 aromatic rings. The van der Waals surface area contributed by atoms with E-state index in [0.717, 1.165) is 16.7 Å². The van der Waals surface area contributed by atoms with Crippen molar-refractivity contribution in [2.45, 2.75) is 57.0 Å². The zero-order chi connectivity index (χ0) is 24.5. The molecule has 0 aliphatic heterocycles. The van der Waals surface area contributed by atoms with E-state index in [0.29, 0.717) is 26.1 Å². The zero-order valence-electron chi connectivity index (χ0n) is 20.0. The van der Waals surface area contributed by atoms with Crippen molar-refractivity contribution in [1.82, 2.24) is 4.90 Å². The second-order valence-corrected chi connectivity index (χ2v) is 8.93. The van der Waals surface area contributed by atoms with Crippen LogP contribution in [0.25, 0.3) is 0 Å². The van der Waals surface area contributed by atoms with Gasteiger partial charge in [-0.25, -0.2) is 4.79 Å². The molecule has 35 heavy (non-hydrogen) atoms. The maximum atomic E-state index is 12.8. The number of aliphatic hydroxyl groups is 1. The molecule has 6 nitrogen and oxygen atoms in total. The van der Waals surface area contributed by atoms with Crippen molar-refractivity contribution in [2.24, 2.45) is 0 Å². The molecule has 0 bridgehead atoms. The van der Waals surface area contributed by atoms with Crippen LogP contribution in [0.1, 0.15) is 29.5 Å². The first-order valence-electron chi connectivity index (χ1n) is 12.0. The second kappa shape index (κ2) is 12.5. The minimum Gasteiger partial charge on any atom is -0.445 e. The van der Waals surface area contributed by atoms with E-state index in [1.807, 2.05) is 91.0 Å². The van der Waals surface area contributed by atoms with Gasteiger partial charge in [-0.2, -0.15) is 0 Å². The number of rotatable bonds is 9. The molecule has 0 radical (unpaired) electrons. The van der Waals surface area contributed by atoms with Crippen LogP contribution in [-0.2, 0) is 34.0 Å². The maximum Gasteiger partial charge on any atom is 0.410 e. The van der Waals surface area contributed by atoms with Gasteiger partial charge in [-0.05, 0) is 23.1 Å². The predicted molar refractivity (Wildman–Crippen MR) is 133 cm³/mol. The summed E-state index contributed by atoms with van der Waals surface area (Å²) < 4.78 is 17.9. The Balaban J connectivity index is 1.41. The first kappa shape index (κ1) is 24.9. The highest BCUT2D eigenvalue weighted by Crippen LogP contribution is 2.29. The average molecular weight is 476 g/mol. The molecule has 1 fully saturated rings. The van der Waals surface area contributed by atoms with Crippen molar-refractivity contribution in [2.75, 3.05) is 7.05 Å². The number of aliphatic hydroxyl groups excluding tert-OH is 1. The van der Waals surface area contributed by atoms with Crippen LogP contribution in [-0.4, -0.2) is 47.5 Å². The number of ether oxygens (including phenoxy) is 3. The average Bonchev–Trinajstić information content (AvgIpc) is 2.91. The van der Waals surface area contributed by atoms with Crippen molar-refractivity contribution in [3.8, 4) is 0 Å². The summed E-state index contributed by atoms with van der Waals surface area (Å²) in [6.07, 6.45) is -0.943. The highest BCUT2D eigenvalue weighted by Gasteiger charge is 2.41. The summed E-state index contributed by atoms with van der Waals surface area (Å²) in [6, 6.07) is 28.9. The van der Waals surface area contributed by atoms with E-state index < -0.39 is 24.3 Å². The minimum absolute atomic E-state index is 0.172. The summed E-state index contributed by atoms with van der Waals surface area (Å²) >= 11 is 0. The normalized spacial score (nSPS) is 21.9. The molecule has 1 aliphatic carbocycles. The molecule has 4 rings (SSSR count). The van der Waals surface area contributed by atoms with Gasteiger partial charge in [0.2, 0.25) is 0 Å². The Morgan fingerprint density at radius 1 is 0.771 bits per heavy atom. The topological polar surface area (TPSA) is 68.2 Å². The fourth-order valence-electron chi connectivity index (χ4n) is 4.36. The highest BCUT2D eigenvalue weighted by molar-refractivity contribution is 5.67. The molecular formula is C29H33NO5. The van der Waals surface area contributed by atoms with E-state index in [-0.39, 0.29) is 12.7 Å². The van der Waals surface area contributed by atoms with Crippen molar-refractivity contribution >= 4 is 6.09 Å². The van der Waals surface area contributed by atoms with Gasteiger partial charge in [0.1, 0.15) is 12.7 Å². The molecule has 0 aromatic heterocycles. The highest BCUT2D eigenvalue weighted by atomic mass is 16.6. The Hall–Kier alpha value is -3.19. The maximum absolute atomic E-state index is 12.8. The monoisotopic (exact) mass is 475 g/mol. The van der Waals surface area contributed by atoms with Crippen LogP contribution in [0.5, 0.6) is 0 Å². The van der Waals surface area contributed by atoms with E-state index in [9.17, 15) is 9.90 Å². The van der Waals surface area contributed by atoms with E-state index in [4.69, 9.17) is 14.2 Å². The van der Waals surface area contributed by atoms with Gasteiger partial charge in [0, 0.05) is 13.5 Å². The van der Waals surface area contributed by atoms with Gasteiger partial charge in [-0.1, -0.05) is 91.0 Å². The smallest absolute Gasteiger partial charge is 0.410 e. The standard InChI is InChI=1S/C29H33NO5/c1-30(29(32)35-21-24-15-9-4-10-16-24)26-17-25(33-19-22-11-5-2-6-12-22)18-27(28(26)31)34-20-23-13-7-3-8-14-23/h2-16,25-28,31H,17-21H2,1H3/t25-,26+,27+,28-/m0/s1. The summed E-state index contributed by atoms with van der Waals surface area (Å²) in [5.74, 6) is 0.